The first-order chi connectivity index (χ1) is 8.98. The Bertz CT molecular complexity index is 522. The second kappa shape index (κ2) is 6.41. The Morgan fingerprint density at radius 3 is 2.58 bits per heavy atom. The standard InChI is InChI=1S/C12H16Cl2N2O2S/c13-11-4-1-5-12(14)10(11)8-19(17,18)16-9-3-2-6-15-7-9/h1,4-5,9,15-16H,2-3,6-8H2. The van der Waals surface area contributed by atoms with Crippen LogP contribution in [0.4, 0.5) is 0 Å². The van der Waals surface area contributed by atoms with Crippen molar-refractivity contribution in [2.24, 2.45) is 0 Å². The molecule has 7 heteroatoms. The second-order valence-electron chi connectivity index (χ2n) is 4.62. The fourth-order valence-corrected chi connectivity index (χ4v) is 4.28. The lowest BCUT2D eigenvalue weighted by Gasteiger charge is -2.23. The van der Waals surface area contributed by atoms with E-state index in [0.29, 0.717) is 22.2 Å². The highest BCUT2D eigenvalue weighted by Crippen LogP contribution is 2.26. The summed E-state index contributed by atoms with van der Waals surface area (Å²) in [6.07, 6.45) is 1.82. The van der Waals surface area contributed by atoms with Crippen molar-refractivity contribution in [2.75, 3.05) is 13.1 Å². The molecule has 19 heavy (non-hydrogen) atoms. The van der Waals surface area contributed by atoms with Crippen molar-refractivity contribution in [3.8, 4) is 0 Å². The van der Waals surface area contributed by atoms with E-state index in [0.717, 1.165) is 19.4 Å². The van der Waals surface area contributed by atoms with Crippen LogP contribution in [0.2, 0.25) is 10.0 Å². The minimum Gasteiger partial charge on any atom is -0.315 e. The van der Waals surface area contributed by atoms with Gasteiger partial charge in [-0.3, -0.25) is 0 Å². The van der Waals surface area contributed by atoms with Crippen LogP contribution >= 0.6 is 23.2 Å². The van der Waals surface area contributed by atoms with Gasteiger partial charge in [-0.1, -0.05) is 29.3 Å². The van der Waals surface area contributed by atoms with Crippen LogP contribution in [0.15, 0.2) is 18.2 Å². The highest BCUT2D eigenvalue weighted by atomic mass is 35.5. The third kappa shape index (κ3) is 4.33. The topological polar surface area (TPSA) is 58.2 Å². The predicted molar refractivity (Wildman–Crippen MR) is 78.1 cm³/mol. The van der Waals surface area contributed by atoms with Crippen molar-refractivity contribution in [1.82, 2.24) is 10.0 Å². The maximum absolute atomic E-state index is 12.1. The van der Waals surface area contributed by atoms with Crippen molar-refractivity contribution in [2.45, 2.75) is 24.6 Å². The molecule has 1 aliphatic rings. The normalized spacial score (nSPS) is 20.4. The van der Waals surface area contributed by atoms with Gasteiger partial charge in [0.25, 0.3) is 0 Å². The molecule has 1 fully saturated rings. The van der Waals surface area contributed by atoms with E-state index in [1.54, 1.807) is 18.2 Å². The Kier molecular flexibility index (Phi) is 5.09. The number of hydrogen-bond acceptors (Lipinski definition) is 3. The number of benzene rings is 1. The van der Waals surface area contributed by atoms with Crippen molar-refractivity contribution < 1.29 is 8.42 Å². The number of hydrogen-bond donors (Lipinski definition) is 2. The Morgan fingerprint density at radius 2 is 2.00 bits per heavy atom. The van der Waals surface area contributed by atoms with Crippen LogP contribution in [0.5, 0.6) is 0 Å². The first-order valence-electron chi connectivity index (χ1n) is 6.11. The highest BCUT2D eigenvalue weighted by Gasteiger charge is 2.22. The molecule has 2 N–H and O–H groups in total. The van der Waals surface area contributed by atoms with Crippen LogP contribution in [-0.2, 0) is 15.8 Å². The molecule has 0 amide bonds. The first-order valence-corrected chi connectivity index (χ1v) is 8.52. The fourth-order valence-electron chi connectivity index (χ4n) is 2.11. The van der Waals surface area contributed by atoms with E-state index in [9.17, 15) is 8.42 Å². The molecular formula is C12H16Cl2N2O2S. The molecule has 2 rings (SSSR count). The summed E-state index contributed by atoms with van der Waals surface area (Å²) in [5, 5.41) is 3.91. The van der Waals surface area contributed by atoms with Crippen molar-refractivity contribution in [3.63, 3.8) is 0 Å². The zero-order chi connectivity index (χ0) is 13.9. The molecule has 4 nitrogen and oxygen atoms in total. The Labute approximate surface area is 123 Å². The van der Waals surface area contributed by atoms with Gasteiger partial charge in [-0.25, -0.2) is 13.1 Å². The largest absolute Gasteiger partial charge is 0.315 e. The lowest BCUT2D eigenvalue weighted by Crippen LogP contribution is -2.45. The summed E-state index contributed by atoms with van der Waals surface area (Å²) in [6.45, 7) is 1.60. The lowest BCUT2D eigenvalue weighted by molar-refractivity contribution is 0.428. The first kappa shape index (κ1) is 15.1. The van der Waals surface area contributed by atoms with Crippen LogP contribution < -0.4 is 10.0 Å². The van der Waals surface area contributed by atoms with Crippen LogP contribution in [0.1, 0.15) is 18.4 Å². The Morgan fingerprint density at radius 1 is 1.32 bits per heavy atom. The van der Waals surface area contributed by atoms with Crippen LogP contribution in [-0.4, -0.2) is 27.5 Å². The summed E-state index contributed by atoms with van der Waals surface area (Å²) in [5.41, 5.74) is 0.446. The SMILES string of the molecule is O=S(=O)(Cc1c(Cl)cccc1Cl)NC1CCCNC1. The van der Waals surface area contributed by atoms with E-state index in [-0.39, 0.29) is 11.8 Å². The predicted octanol–water partition coefficient (Wildman–Crippen LogP) is 2.16. The number of sulfonamides is 1. The average molecular weight is 323 g/mol. The smallest absolute Gasteiger partial charge is 0.216 e. The minimum absolute atomic E-state index is 0.0555. The molecule has 1 aliphatic heterocycles. The molecule has 106 valence electrons. The quantitative estimate of drug-likeness (QED) is 0.893. The molecule has 1 aromatic carbocycles. The Balaban J connectivity index is 2.08. The molecule has 0 aliphatic carbocycles. The van der Waals surface area contributed by atoms with Gasteiger partial charge in [-0.05, 0) is 31.5 Å². The van der Waals surface area contributed by atoms with E-state index < -0.39 is 10.0 Å². The summed E-state index contributed by atoms with van der Waals surface area (Å²) in [5.74, 6) is -0.192. The van der Waals surface area contributed by atoms with Gasteiger partial charge in [0.05, 0.1) is 5.75 Å². The van der Waals surface area contributed by atoms with Crippen molar-refractivity contribution in [3.05, 3.63) is 33.8 Å². The highest BCUT2D eigenvalue weighted by molar-refractivity contribution is 7.88. The van der Waals surface area contributed by atoms with Crippen LogP contribution in [0.25, 0.3) is 0 Å². The molecule has 1 atom stereocenters. The van der Waals surface area contributed by atoms with E-state index in [2.05, 4.69) is 10.0 Å². The molecule has 1 unspecified atom stereocenters. The molecule has 0 spiro atoms. The summed E-state index contributed by atoms with van der Waals surface area (Å²) in [6, 6.07) is 4.92. The van der Waals surface area contributed by atoms with Gasteiger partial charge in [0.15, 0.2) is 0 Å². The summed E-state index contributed by atoms with van der Waals surface area (Å²) in [7, 11) is -3.44. The van der Waals surface area contributed by atoms with Gasteiger partial charge in [-0.2, -0.15) is 0 Å². The number of halogens is 2. The fraction of sp³-hybridized carbons (Fsp3) is 0.500. The molecule has 1 saturated heterocycles. The molecule has 0 bridgehead atoms. The van der Waals surface area contributed by atoms with Gasteiger partial charge in [0.2, 0.25) is 10.0 Å². The van der Waals surface area contributed by atoms with Gasteiger partial charge in [0, 0.05) is 28.2 Å². The van der Waals surface area contributed by atoms with E-state index in [1.165, 1.54) is 0 Å². The van der Waals surface area contributed by atoms with Crippen molar-refractivity contribution >= 4 is 33.2 Å². The molecule has 1 heterocycles. The van der Waals surface area contributed by atoms with E-state index >= 15 is 0 Å². The second-order valence-corrected chi connectivity index (χ2v) is 7.19. The maximum Gasteiger partial charge on any atom is 0.216 e. The summed E-state index contributed by atoms with van der Waals surface area (Å²) < 4.78 is 26.9. The third-order valence-electron chi connectivity index (χ3n) is 3.04. The number of rotatable bonds is 4. The molecule has 0 radical (unpaired) electrons. The number of piperidine rings is 1. The van der Waals surface area contributed by atoms with Crippen LogP contribution in [0.3, 0.4) is 0 Å². The maximum atomic E-state index is 12.1. The zero-order valence-electron chi connectivity index (χ0n) is 10.3. The van der Waals surface area contributed by atoms with Gasteiger partial charge < -0.3 is 5.32 Å². The zero-order valence-corrected chi connectivity index (χ0v) is 12.7. The average Bonchev–Trinajstić information content (AvgIpc) is 2.35. The summed E-state index contributed by atoms with van der Waals surface area (Å²) in [4.78, 5) is 0. The third-order valence-corrected chi connectivity index (χ3v) is 5.11. The lowest BCUT2D eigenvalue weighted by atomic mass is 10.1. The molecule has 1 aromatic rings. The molecule has 0 aromatic heterocycles. The Hall–Kier alpha value is -0.330. The summed E-state index contributed by atoms with van der Waals surface area (Å²) >= 11 is 12.0. The minimum atomic E-state index is -3.44. The van der Waals surface area contributed by atoms with Gasteiger partial charge >= 0.3 is 0 Å². The van der Waals surface area contributed by atoms with Gasteiger partial charge in [-0.15, -0.1) is 0 Å². The monoisotopic (exact) mass is 322 g/mol. The van der Waals surface area contributed by atoms with E-state index in [4.69, 9.17) is 23.2 Å². The van der Waals surface area contributed by atoms with Crippen molar-refractivity contribution in [1.29, 1.82) is 0 Å². The molecular weight excluding hydrogens is 307 g/mol. The van der Waals surface area contributed by atoms with Crippen LogP contribution in [0, 0.1) is 0 Å². The van der Waals surface area contributed by atoms with Gasteiger partial charge in [0.1, 0.15) is 0 Å². The van der Waals surface area contributed by atoms with E-state index in [1.807, 2.05) is 0 Å². The number of nitrogens with one attached hydrogen (secondary N) is 2. The molecule has 0 saturated carbocycles.